The average molecular weight is 967 g/mol. The van der Waals surface area contributed by atoms with Crippen molar-refractivity contribution in [2.45, 2.75) is 83.5 Å². The molecule has 2 saturated carbocycles. The third kappa shape index (κ3) is 10.7. The third-order valence-electron chi connectivity index (χ3n) is 13.3. The van der Waals surface area contributed by atoms with Gasteiger partial charge in [0.15, 0.2) is 11.6 Å². The van der Waals surface area contributed by atoms with Crippen LogP contribution in [0.15, 0.2) is 49.6 Å². The number of rotatable bonds is 10. The van der Waals surface area contributed by atoms with Crippen LogP contribution in [0.5, 0.6) is 11.5 Å². The summed E-state index contributed by atoms with van der Waals surface area (Å²) in [5.41, 5.74) is 1.56. The minimum Gasteiger partial charge on any atom is -0.494 e. The SMILES string of the molecule is COc1cnc(-n2ccnn2)c2[nH]cc(C(=O)C(=O)N3CCCCC3)c12.COc1cnc(-n2ccnn2)c2[nH]cc(C(=O)C(=O)N3CCN(C(=O)C4CCCCC4)CC3)c12.O=C(Cl)C1CCCCC1. The number of Topliss-reactive ketones (excluding diaryl/α,β-unsaturated/α-hetero) is 2. The lowest BCUT2D eigenvalue weighted by Gasteiger charge is -2.36. The van der Waals surface area contributed by atoms with Crippen LogP contribution in [-0.2, 0) is 19.2 Å². The van der Waals surface area contributed by atoms with Crippen molar-refractivity contribution in [1.82, 2.24) is 64.6 Å². The topological polar surface area (TPSA) is 249 Å². The second-order valence-electron chi connectivity index (χ2n) is 17.5. The molecule has 6 aromatic heterocycles. The Bertz CT molecular complexity index is 2760. The molecule has 2 N–H and O–H groups in total. The molecule has 2 aliphatic carbocycles. The summed E-state index contributed by atoms with van der Waals surface area (Å²) in [4.78, 5) is 95.0. The maximum atomic E-state index is 13.2. The molecule has 0 unspecified atom stereocenters. The van der Waals surface area contributed by atoms with E-state index in [1.54, 1.807) is 17.3 Å². The van der Waals surface area contributed by atoms with E-state index in [4.69, 9.17) is 21.1 Å². The minimum absolute atomic E-state index is 0.101. The molecule has 21 nitrogen and oxygen atoms in total. The van der Waals surface area contributed by atoms with Crippen molar-refractivity contribution in [3.63, 3.8) is 0 Å². The maximum absolute atomic E-state index is 13.2. The highest BCUT2D eigenvalue weighted by Crippen LogP contribution is 2.34. The van der Waals surface area contributed by atoms with E-state index in [2.05, 4.69) is 40.6 Å². The zero-order chi connectivity index (χ0) is 48.4. The molecule has 2 saturated heterocycles. The third-order valence-corrected chi connectivity index (χ3v) is 13.6. The molecular weight excluding hydrogens is 910 g/mol. The van der Waals surface area contributed by atoms with Crippen LogP contribution in [0.2, 0.25) is 0 Å². The summed E-state index contributed by atoms with van der Waals surface area (Å²) < 4.78 is 13.7. The first-order valence-electron chi connectivity index (χ1n) is 23.6. The number of aromatic amines is 2. The van der Waals surface area contributed by atoms with Crippen molar-refractivity contribution < 1.29 is 38.2 Å². The van der Waals surface area contributed by atoms with Gasteiger partial charge in [-0.3, -0.25) is 28.8 Å². The van der Waals surface area contributed by atoms with E-state index < -0.39 is 23.4 Å². The van der Waals surface area contributed by atoms with Gasteiger partial charge in [0, 0.05) is 63.5 Å². The normalized spacial score (nSPS) is 16.8. The van der Waals surface area contributed by atoms with Gasteiger partial charge < -0.3 is 34.1 Å². The predicted octanol–water partition coefficient (Wildman–Crippen LogP) is 5.27. The summed E-state index contributed by atoms with van der Waals surface area (Å²) in [5.74, 6) is -0.0770. The first-order valence-corrected chi connectivity index (χ1v) is 23.9. The van der Waals surface area contributed by atoms with Gasteiger partial charge in [-0.15, -0.1) is 10.2 Å². The van der Waals surface area contributed by atoms with Crippen LogP contribution in [0.4, 0.5) is 0 Å². The molecule has 0 aromatic carbocycles. The minimum atomic E-state index is -0.632. The summed E-state index contributed by atoms with van der Waals surface area (Å²) >= 11 is 5.32. The lowest BCUT2D eigenvalue weighted by molar-refractivity contribution is -0.141. The van der Waals surface area contributed by atoms with Crippen LogP contribution in [0.25, 0.3) is 33.4 Å². The number of hydrogen-bond acceptors (Lipinski definition) is 14. The predicted molar refractivity (Wildman–Crippen MR) is 251 cm³/mol. The van der Waals surface area contributed by atoms with Crippen LogP contribution in [0.1, 0.15) is 104 Å². The van der Waals surface area contributed by atoms with E-state index in [0.717, 1.165) is 57.8 Å². The Hall–Kier alpha value is -7.03. The second-order valence-corrected chi connectivity index (χ2v) is 17.9. The fourth-order valence-corrected chi connectivity index (χ4v) is 9.77. The molecule has 4 fully saturated rings. The quantitative estimate of drug-likeness (QED) is 0.101. The number of methoxy groups -OCH3 is 2. The highest BCUT2D eigenvalue weighted by molar-refractivity contribution is 6.64. The molecule has 22 heteroatoms. The second kappa shape index (κ2) is 22.4. The van der Waals surface area contributed by atoms with E-state index in [9.17, 15) is 28.8 Å². The molecule has 0 atom stereocenters. The molecule has 8 heterocycles. The molecule has 10 rings (SSSR count). The summed E-state index contributed by atoms with van der Waals surface area (Å²) in [6, 6.07) is 0. The highest BCUT2D eigenvalue weighted by Gasteiger charge is 2.34. The van der Waals surface area contributed by atoms with Gasteiger partial charge >= 0.3 is 0 Å². The fourth-order valence-electron chi connectivity index (χ4n) is 9.55. The van der Waals surface area contributed by atoms with Gasteiger partial charge in [-0.1, -0.05) is 49.0 Å². The van der Waals surface area contributed by atoms with Crippen LogP contribution in [0, 0.1) is 11.8 Å². The van der Waals surface area contributed by atoms with Crippen molar-refractivity contribution in [2.75, 3.05) is 53.5 Å². The monoisotopic (exact) mass is 965 g/mol. The number of nitrogens with one attached hydrogen (secondary N) is 2. The van der Waals surface area contributed by atoms with Gasteiger partial charge in [0.25, 0.3) is 23.4 Å². The number of H-pyrrole nitrogens is 2. The number of likely N-dealkylation sites (tertiary alicyclic amines) is 1. The van der Waals surface area contributed by atoms with Crippen molar-refractivity contribution in [2.24, 2.45) is 11.8 Å². The van der Waals surface area contributed by atoms with Crippen molar-refractivity contribution >= 4 is 67.9 Å². The number of aromatic nitrogens is 10. The van der Waals surface area contributed by atoms with Crippen molar-refractivity contribution in [3.8, 4) is 23.1 Å². The highest BCUT2D eigenvalue weighted by atomic mass is 35.5. The first-order chi connectivity index (χ1) is 33.6. The first kappa shape index (κ1) is 48.4. The Labute approximate surface area is 402 Å². The van der Waals surface area contributed by atoms with E-state index in [-0.39, 0.29) is 34.1 Å². The van der Waals surface area contributed by atoms with E-state index >= 15 is 0 Å². The van der Waals surface area contributed by atoms with Crippen molar-refractivity contribution in [3.05, 3.63) is 60.7 Å². The van der Waals surface area contributed by atoms with Crippen LogP contribution in [0.3, 0.4) is 0 Å². The zero-order valence-corrected chi connectivity index (χ0v) is 39.5. The average Bonchev–Trinajstić information content (AvgIpc) is 4.27. The van der Waals surface area contributed by atoms with Gasteiger partial charge in [-0.25, -0.2) is 19.3 Å². The molecule has 6 aromatic rings. The molecule has 0 spiro atoms. The standard InChI is InChI=1S/C23H27N7O4.C17H18N6O3.C7H11ClO/c1-34-17-14-25-21(30-8-7-26-27-30)19-18(17)16(13-24-19)20(31)23(33)29-11-9-28(10-12-29)22(32)15-5-3-2-4-6-15;1-26-12-10-19-16(23-8-5-20-21-23)14-13(12)11(9-18-14)15(24)17(25)22-6-3-2-4-7-22;8-7(9)6-4-2-1-3-5-6/h7-8,13-15,24H,2-6,9-12H2,1H3;5,8-10,18H,2-4,6-7H2,1H3;6H,1-5H2. The summed E-state index contributed by atoms with van der Waals surface area (Å²) in [5, 5.41) is 16.3. The number of hydrogen-bond donors (Lipinski definition) is 2. The van der Waals surface area contributed by atoms with Crippen molar-refractivity contribution in [1.29, 1.82) is 0 Å². The number of carbonyl (C=O) groups excluding carboxylic acids is 6. The Morgan fingerprint density at radius 2 is 0.986 bits per heavy atom. The van der Waals surface area contributed by atoms with Gasteiger partial charge in [0.1, 0.15) is 11.5 Å². The largest absolute Gasteiger partial charge is 0.494 e. The van der Waals surface area contributed by atoms with Gasteiger partial charge in [0.05, 0.1) is 84.3 Å². The number of piperidine rings is 1. The molecule has 3 amide bonds. The van der Waals surface area contributed by atoms with Gasteiger partial charge in [-0.05, 0) is 56.5 Å². The number of fused-ring (bicyclic) bond motifs is 2. The molecular formula is C47H56ClN13O8. The number of pyridine rings is 2. The summed E-state index contributed by atoms with van der Waals surface area (Å²) in [6.45, 7) is 2.83. The van der Waals surface area contributed by atoms with Crippen LogP contribution >= 0.6 is 11.6 Å². The lowest BCUT2D eigenvalue weighted by atomic mass is 9.88. The Kier molecular flexibility index (Phi) is 15.7. The van der Waals surface area contributed by atoms with Crippen LogP contribution < -0.4 is 9.47 Å². The fraction of sp³-hybridized carbons (Fsp3) is 0.489. The number of ketones is 2. The number of piperazine rings is 1. The van der Waals surface area contributed by atoms with Gasteiger partial charge in [0.2, 0.25) is 11.1 Å². The Balaban J connectivity index is 0.000000161. The number of ether oxygens (including phenoxy) is 2. The van der Waals surface area contributed by atoms with E-state index in [1.807, 2.05) is 4.90 Å². The summed E-state index contributed by atoms with van der Waals surface area (Å²) in [6.07, 6.45) is 26.3. The summed E-state index contributed by atoms with van der Waals surface area (Å²) in [7, 11) is 2.98. The molecule has 0 bridgehead atoms. The van der Waals surface area contributed by atoms with Crippen LogP contribution in [-0.4, -0.2) is 153 Å². The van der Waals surface area contributed by atoms with Gasteiger partial charge in [-0.2, -0.15) is 0 Å². The molecule has 69 heavy (non-hydrogen) atoms. The number of amides is 3. The van der Waals surface area contributed by atoms with E-state index in [0.29, 0.717) is 84.2 Å². The number of halogens is 1. The number of carbonyl (C=O) groups is 6. The Morgan fingerprint density at radius 1 is 0.565 bits per heavy atom. The lowest BCUT2D eigenvalue weighted by Crippen LogP contribution is -2.53. The van der Waals surface area contributed by atoms with E-state index in [1.165, 1.54) is 91.3 Å². The molecule has 2 aliphatic heterocycles. The smallest absolute Gasteiger partial charge is 0.295 e. The Morgan fingerprint density at radius 3 is 1.39 bits per heavy atom. The number of nitrogens with zero attached hydrogens (tertiary/aromatic N) is 11. The zero-order valence-electron chi connectivity index (χ0n) is 38.8. The molecule has 364 valence electrons. The maximum Gasteiger partial charge on any atom is 0.295 e. The molecule has 0 radical (unpaired) electrons. The molecule has 4 aliphatic rings.